The lowest BCUT2D eigenvalue weighted by Crippen LogP contribution is -2.54. The third-order valence-electron chi connectivity index (χ3n) is 5.67. The molecule has 2 atom stereocenters. The predicted octanol–water partition coefficient (Wildman–Crippen LogP) is 3.60. The van der Waals surface area contributed by atoms with Crippen molar-refractivity contribution in [3.05, 3.63) is 65.0 Å². The maximum absolute atomic E-state index is 12.8. The first kappa shape index (κ1) is 17.9. The van der Waals surface area contributed by atoms with E-state index in [1.165, 1.54) is 0 Å². The van der Waals surface area contributed by atoms with E-state index in [0.717, 1.165) is 40.9 Å². The molecule has 1 N–H and O–H groups in total. The largest absolute Gasteiger partial charge is 0.422 e. The number of nitrogens with one attached hydrogen (secondary N) is 1. The Hall–Kier alpha value is -3.12. The first-order valence-corrected chi connectivity index (χ1v) is 10.0. The normalized spacial score (nSPS) is 19.9. The van der Waals surface area contributed by atoms with Gasteiger partial charge in [0.2, 0.25) is 0 Å². The van der Waals surface area contributed by atoms with E-state index < -0.39 is 0 Å². The van der Waals surface area contributed by atoms with Crippen molar-refractivity contribution in [3.8, 4) is 11.1 Å². The summed E-state index contributed by atoms with van der Waals surface area (Å²) in [7, 11) is 0. The molecule has 3 aromatic heterocycles. The monoisotopic (exact) mass is 388 g/mol. The van der Waals surface area contributed by atoms with Crippen molar-refractivity contribution >= 4 is 22.2 Å². The fourth-order valence-corrected chi connectivity index (χ4v) is 4.36. The average Bonchev–Trinajstić information content (AvgIpc) is 3.11. The van der Waals surface area contributed by atoms with Crippen molar-refractivity contribution in [1.29, 1.82) is 0 Å². The highest BCUT2D eigenvalue weighted by atomic mass is 16.4. The highest BCUT2D eigenvalue weighted by Gasteiger charge is 2.21. The molecular weight excluding hydrogens is 364 g/mol. The van der Waals surface area contributed by atoms with Crippen LogP contribution >= 0.6 is 0 Å². The third-order valence-corrected chi connectivity index (χ3v) is 5.67. The molecule has 29 heavy (non-hydrogen) atoms. The molecule has 0 spiro atoms. The van der Waals surface area contributed by atoms with Crippen LogP contribution in [0.25, 0.3) is 27.6 Å². The van der Waals surface area contributed by atoms with Crippen LogP contribution in [0.3, 0.4) is 0 Å². The van der Waals surface area contributed by atoms with Gasteiger partial charge in [0.25, 0.3) is 0 Å². The molecule has 6 heteroatoms. The first-order valence-electron chi connectivity index (χ1n) is 10.0. The highest BCUT2D eigenvalue weighted by molar-refractivity contribution is 5.85. The molecule has 4 aromatic rings. The summed E-state index contributed by atoms with van der Waals surface area (Å²) in [6.45, 7) is 8.21. The zero-order valence-electron chi connectivity index (χ0n) is 16.8. The van der Waals surface area contributed by atoms with Crippen molar-refractivity contribution in [2.24, 2.45) is 0 Å². The van der Waals surface area contributed by atoms with E-state index in [9.17, 15) is 4.79 Å². The molecule has 0 radical (unpaired) electrons. The Morgan fingerprint density at radius 2 is 1.93 bits per heavy atom. The van der Waals surface area contributed by atoms with Gasteiger partial charge in [0.05, 0.1) is 16.8 Å². The third kappa shape index (κ3) is 3.19. The Balaban J connectivity index is 1.56. The van der Waals surface area contributed by atoms with Crippen LogP contribution in [0.4, 0.5) is 5.69 Å². The van der Waals surface area contributed by atoms with Crippen LogP contribution in [-0.4, -0.2) is 34.6 Å². The zero-order valence-corrected chi connectivity index (χ0v) is 16.8. The van der Waals surface area contributed by atoms with E-state index >= 15 is 0 Å². The van der Waals surface area contributed by atoms with E-state index in [2.05, 4.69) is 35.1 Å². The van der Waals surface area contributed by atoms with Gasteiger partial charge in [0, 0.05) is 66.5 Å². The van der Waals surface area contributed by atoms with Gasteiger partial charge in [0.1, 0.15) is 5.58 Å². The van der Waals surface area contributed by atoms with Gasteiger partial charge in [0.15, 0.2) is 0 Å². The molecule has 1 saturated heterocycles. The molecule has 1 aliphatic heterocycles. The summed E-state index contributed by atoms with van der Waals surface area (Å²) in [6.07, 6.45) is 5.59. The van der Waals surface area contributed by atoms with E-state index in [-0.39, 0.29) is 5.63 Å². The molecule has 0 saturated carbocycles. The Morgan fingerprint density at radius 3 is 2.69 bits per heavy atom. The Labute approximate surface area is 168 Å². The molecule has 1 aliphatic rings. The molecular formula is C23H24N4O2. The van der Waals surface area contributed by atoms with Gasteiger partial charge < -0.3 is 19.0 Å². The average molecular weight is 388 g/mol. The van der Waals surface area contributed by atoms with Crippen LogP contribution in [0.5, 0.6) is 0 Å². The second-order valence-corrected chi connectivity index (χ2v) is 8.08. The summed E-state index contributed by atoms with van der Waals surface area (Å²) in [4.78, 5) is 19.4. The smallest absolute Gasteiger partial charge is 0.344 e. The number of hydrogen-bond acceptors (Lipinski definition) is 5. The van der Waals surface area contributed by atoms with E-state index in [4.69, 9.17) is 4.42 Å². The van der Waals surface area contributed by atoms with Crippen LogP contribution in [0.15, 0.2) is 58.1 Å². The standard InChI is InChI=1S/C23H24N4O2/c1-14-11-27(12-15(2)25-14)19-5-4-17-8-20(23(28)29-22(17)10-19)18-9-21-16(3)24-6-7-26(21)13-18/h4-10,13-15,25H,11-12H2,1-3H3. The number of anilines is 1. The second-order valence-electron chi connectivity index (χ2n) is 8.08. The number of rotatable bonds is 2. The summed E-state index contributed by atoms with van der Waals surface area (Å²) in [6, 6.07) is 10.9. The van der Waals surface area contributed by atoms with Crippen LogP contribution in [0, 0.1) is 6.92 Å². The molecule has 148 valence electrons. The Bertz CT molecular complexity index is 1260. The molecule has 0 bridgehead atoms. The molecule has 1 fully saturated rings. The maximum atomic E-state index is 12.8. The summed E-state index contributed by atoms with van der Waals surface area (Å²) >= 11 is 0. The first-order chi connectivity index (χ1) is 14.0. The minimum absolute atomic E-state index is 0.321. The van der Waals surface area contributed by atoms with Crippen molar-refractivity contribution < 1.29 is 4.42 Å². The van der Waals surface area contributed by atoms with Crippen molar-refractivity contribution in [2.75, 3.05) is 18.0 Å². The molecule has 4 heterocycles. The topological polar surface area (TPSA) is 62.8 Å². The highest BCUT2D eigenvalue weighted by Crippen LogP contribution is 2.27. The van der Waals surface area contributed by atoms with Gasteiger partial charge in [-0.1, -0.05) is 0 Å². The fraction of sp³-hybridized carbons (Fsp3) is 0.304. The van der Waals surface area contributed by atoms with Crippen LogP contribution in [-0.2, 0) is 0 Å². The molecule has 2 unspecified atom stereocenters. The van der Waals surface area contributed by atoms with Crippen LogP contribution < -0.4 is 15.8 Å². The minimum Gasteiger partial charge on any atom is -0.422 e. The number of benzene rings is 1. The van der Waals surface area contributed by atoms with Gasteiger partial charge in [-0.25, -0.2) is 4.79 Å². The molecule has 0 aliphatic carbocycles. The molecule has 6 nitrogen and oxygen atoms in total. The van der Waals surface area contributed by atoms with Crippen molar-refractivity contribution in [3.63, 3.8) is 0 Å². The van der Waals surface area contributed by atoms with Gasteiger partial charge in [-0.2, -0.15) is 0 Å². The number of piperazine rings is 1. The quantitative estimate of drug-likeness (QED) is 0.532. The summed E-state index contributed by atoms with van der Waals surface area (Å²) in [5.41, 5.74) is 4.70. The summed E-state index contributed by atoms with van der Waals surface area (Å²) in [5, 5.41) is 4.47. The molecule has 5 rings (SSSR count). The summed E-state index contributed by atoms with van der Waals surface area (Å²) < 4.78 is 7.72. The lowest BCUT2D eigenvalue weighted by Gasteiger charge is -2.37. The van der Waals surface area contributed by atoms with Gasteiger partial charge in [-0.15, -0.1) is 0 Å². The Morgan fingerprint density at radius 1 is 1.14 bits per heavy atom. The van der Waals surface area contributed by atoms with E-state index in [1.807, 2.05) is 48.0 Å². The van der Waals surface area contributed by atoms with Crippen LogP contribution in [0.1, 0.15) is 19.5 Å². The van der Waals surface area contributed by atoms with Gasteiger partial charge in [-0.3, -0.25) is 4.98 Å². The van der Waals surface area contributed by atoms with E-state index in [1.54, 1.807) is 6.20 Å². The summed E-state index contributed by atoms with van der Waals surface area (Å²) in [5.74, 6) is 0. The molecule has 0 amide bonds. The lowest BCUT2D eigenvalue weighted by atomic mass is 10.1. The van der Waals surface area contributed by atoms with E-state index in [0.29, 0.717) is 23.2 Å². The SMILES string of the molecule is Cc1nccn2cc(-c3cc4ccc(N5CC(C)NC(C)C5)cc4oc3=O)cc12. The van der Waals surface area contributed by atoms with Crippen molar-refractivity contribution in [1.82, 2.24) is 14.7 Å². The minimum atomic E-state index is -0.321. The lowest BCUT2D eigenvalue weighted by molar-refractivity contribution is 0.407. The number of hydrogen-bond donors (Lipinski definition) is 1. The predicted molar refractivity (Wildman–Crippen MR) is 116 cm³/mol. The van der Waals surface area contributed by atoms with Crippen molar-refractivity contribution in [2.45, 2.75) is 32.9 Å². The van der Waals surface area contributed by atoms with Gasteiger partial charge >= 0.3 is 5.63 Å². The Kier molecular flexibility index (Phi) is 4.17. The number of fused-ring (bicyclic) bond motifs is 2. The van der Waals surface area contributed by atoms with Crippen LogP contribution in [0.2, 0.25) is 0 Å². The zero-order chi connectivity index (χ0) is 20.1. The number of aryl methyl sites for hydroxylation is 1. The van der Waals surface area contributed by atoms with Gasteiger partial charge in [-0.05, 0) is 45.0 Å². The fourth-order valence-electron chi connectivity index (χ4n) is 4.36. The number of nitrogens with zero attached hydrogens (tertiary/aromatic N) is 3. The number of aromatic nitrogens is 2. The maximum Gasteiger partial charge on any atom is 0.344 e. The molecule has 1 aromatic carbocycles. The second kappa shape index (κ2) is 6.74.